The van der Waals surface area contributed by atoms with Gasteiger partial charge < -0.3 is 10.1 Å². The zero-order valence-electron chi connectivity index (χ0n) is 16.7. The van der Waals surface area contributed by atoms with Gasteiger partial charge in [-0.05, 0) is 42.8 Å². The van der Waals surface area contributed by atoms with E-state index in [0.29, 0.717) is 18.6 Å². The minimum absolute atomic E-state index is 0.0763. The predicted molar refractivity (Wildman–Crippen MR) is 103 cm³/mol. The summed E-state index contributed by atoms with van der Waals surface area (Å²) in [5.41, 5.74) is -4.30. The summed E-state index contributed by atoms with van der Waals surface area (Å²) >= 11 is 0. The van der Waals surface area contributed by atoms with Crippen LogP contribution in [0.25, 0.3) is 0 Å². The number of sulfonamides is 1. The number of rotatable bonds is 7. The number of ether oxygens (including phenoxy) is 1. The molecule has 13 heteroatoms. The number of hydrogen-bond acceptors (Lipinski definition) is 4. The average Bonchev–Trinajstić information content (AvgIpc) is 2.70. The van der Waals surface area contributed by atoms with E-state index < -0.39 is 50.0 Å². The van der Waals surface area contributed by atoms with Gasteiger partial charge in [-0.1, -0.05) is 6.92 Å². The van der Waals surface area contributed by atoms with Crippen LogP contribution in [0.4, 0.5) is 32.0 Å². The summed E-state index contributed by atoms with van der Waals surface area (Å²) < 4.78 is 110. The maximum absolute atomic E-state index is 13.0. The molecule has 32 heavy (non-hydrogen) atoms. The fraction of sp³-hybridized carbons (Fsp3) is 0.316. The van der Waals surface area contributed by atoms with Crippen molar-refractivity contribution in [3.8, 4) is 5.75 Å². The summed E-state index contributed by atoms with van der Waals surface area (Å²) in [5, 5.41) is 1.95. The Kier molecular flexibility index (Phi) is 7.45. The normalized spacial score (nSPS) is 12.5. The van der Waals surface area contributed by atoms with Crippen LogP contribution in [-0.4, -0.2) is 28.0 Å². The number of halogens is 6. The standard InChI is InChI=1S/C19H18F6N2O4S/c1-3-6-26-32(29,30)16-7-11(4-5-15(16)31-2)17(28)27-14-9-12(18(20,21)22)8-13(10-14)19(23,24)25/h4-5,7-10,26H,3,6H2,1-2H3,(H,27,28). The van der Waals surface area contributed by atoms with E-state index in [9.17, 15) is 39.6 Å². The minimum Gasteiger partial charge on any atom is -0.495 e. The highest BCUT2D eigenvalue weighted by molar-refractivity contribution is 7.89. The van der Waals surface area contributed by atoms with Crippen LogP contribution in [0.15, 0.2) is 41.3 Å². The van der Waals surface area contributed by atoms with Crippen molar-refractivity contribution >= 4 is 21.6 Å². The number of nitrogens with one attached hydrogen (secondary N) is 2. The second kappa shape index (κ2) is 9.36. The molecule has 2 N–H and O–H groups in total. The van der Waals surface area contributed by atoms with Gasteiger partial charge in [-0.3, -0.25) is 4.79 Å². The quantitative estimate of drug-likeness (QED) is 0.560. The number of hydrogen-bond donors (Lipinski definition) is 2. The smallest absolute Gasteiger partial charge is 0.416 e. The van der Waals surface area contributed by atoms with E-state index >= 15 is 0 Å². The van der Waals surface area contributed by atoms with Crippen molar-refractivity contribution in [3.63, 3.8) is 0 Å². The van der Waals surface area contributed by atoms with E-state index in [1.54, 1.807) is 6.92 Å². The molecular formula is C19H18F6N2O4S. The summed E-state index contributed by atoms with van der Waals surface area (Å²) in [6, 6.07) is 3.78. The second-order valence-electron chi connectivity index (χ2n) is 6.51. The molecule has 6 nitrogen and oxygen atoms in total. The van der Waals surface area contributed by atoms with E-state index in [0.717, 1.165) is 18.2 Å². The van der Waals surface area contributed by atoms with E-state index in [4.69, 9.17) is 4.74 Å². The first-order chi connectivity index (χ1) is 14.7. The molecule has 0 atom stereocenters. The highest BCUT2D eigenvalue weighted by atomic mass is 32.2. The fourth-order valence-electron chi connectivity index (χ4n) is 2.57. The van der Waals surface area contributed by atoms with Crippen LogP contribution in [0.2, 0.25) is 0 Å². The molecule has 0 saturated carbocycles. The van der Waals surface area contributed by atoms with E-state index in [2.05, 4.69) is 4.72 Å². The molecule has 0 unspecified atom stereocenters. The molecule has 0 fully saturated rings. The van der Waals surface area contributed by atoms with Gasteiger partial charge in [-0.2, -0.15) is 26.3 Å². The monoisotopic (exact) mass is 484 g/mol. The molecule has 0 aromatic heterocycles. The Morgan fingerprint density at radius 3 is 2.00 bits per heavy atom. The second-order valence-corrected chi connectivity index (χ2v) is 8.25. The lowest BCUT2D eigenvalue weighted by Crippen LogP contribution is -2.25. The van der Waals surface area contributed by atoms with Crippen molar-refractivity contribution < 1.29 is 44.3 Å². The van der Waals surface area contributed by atoms with Crippen molar-refractivity contribution in [2.75, 3.05) is 19.0 Å². The van der Waals surface area contributed by atoms with Gasteiger partial charge >= 0.3 is 12.4 Å². The molecular weight excluding hydrogens is 466 g/mol. The van der Waals surface area contributed by atoms with Crippen molar-refractivity contribution in [1.82, 2.24) is 4.72 Å². The largest absolute Gasteiger partial charge is 0.495 e. The lowest BCUT2D eigenvalue weighted by atomic mass is 10.1. The molecule has 0 aliphatic rings. The van der Waals surface area contributed by atoms with Crippen LogP contribution in [0.3, 0.4) is 0 Å². The van der Waals surface area contributed by atoms with Crippen LogP contribution < -0.4 is 14.8 Å². The molecule has 0 heterocycles. The fourth-order valence-corrected chi connectivity index (χ4v) is 3.90. The predicted octanol–water partition coefficient (Wildman–Crippen LogP) is 4.67. The Labute approximate surface area is 179 Å². The maximum Gasteiger partial charge on any atom is 0.416 e. The Bertz CT molecular complexity index is 1070. The summed E-state index contributed by atoms with van der Waals surface area (Å²) in [7, 11) is -2.91. The van der Waals surface area contributed by atoms with Crippen LogP contribution in [0, 0.1) is 0 Å². The van der Waals surface area contributed by atoms with Gasteiger partial charge in [-0.25, -0.2) is 13.1 Å². The number of benzene rings is 2. The van der Waals surface area contributed by atoms with Gasteiger partial charge in [0.1, 0.15) is 10.6 Å². The zero-order chi connectivity index (χ0) is 24.3. The topological polar surface area (TPSA) is 84.5 Å². The SMILES string of the molecule is CCCNS(=O)(=O)c1cc(C(=O)Nc2cc(C(F)(F)F)cc(C(F)(F)F)c2)ccc1OC. The molecule has 176 valence electrons. The summed E-state index contributed by atoms with van der Waals surface area (Å²) in [4.78, 5) is 12.1. The van der Waals surface area contributed by atoms with Crippen molar-refractivity contribution in [2.24, 2.45) is 0 Å². The summed E-state index contributed by atoms with van der Waals surface area (Å²) in [5.74, 6) is -1.23. The van der Waals surface area contributed by atoms with Gasteiger partial charge in [0.2, 0.25) is 10.0 Å². The number of alkyl halides is 6. The Morgan fingerprint density at radius 1 is 0.969 bits per heavy atom. The van der Waals surface area contributed by atoms with Gasteiger partial charge in [0, 0.05) is 17.8 Å². The van der Waals surface area contributed by atoms with Crippen molar-refractivity contribution in [3.05, 3.63) is 53.1 Å². The summed E-state index contributed by atoms with van der Waals surface area (Å²) in [6.07, 6.45) is -9.71. The molecule has 0 aliphatic heterocycles. The van der Waals surface area contributed by atoms with Gasteiger partial charge in [0.25, 0.3) is 5.91 Å². The first-order valence-corrected chi connectivity index (χ1v) is 10.5. The van der Waals surface area contributed by atoms with Crippen LogP contribution >= 0.6 is 0 Å². The number of carbonyl (C=O) groups excluding carboxylic acids is 1. The van der Waals surface area contributed by atoms with E-state index in [-0.39, 0.29) is 23.9 Å². The molecule has 2 rings (SSSR count). The highest BCUT2D eigenvalue weighted by Gasteiger charge is 2.37. The molecule has 2 aromatic rings. The maximum atomic E-state index is 13.0. The Balaban J connectivity index is 2.46. The van der Waals surface area contributed by atoms with Crippen LogP contribution in [0.5, 0.6) is 5.75 Å². The highest BCUT2D eigenvalue weighted by Crippen LogP contribution is 2.37. The number of amides is 1. The molecule has 1 amide bonds. The lowest BCUT2D eigenvalue weighted by Gasteiger charge is -2.15. The van der Waals surface area contributed by atoms with Crippen LogP contribution in [0.1, 0.15) is 34.8 Å². The molecule has 0 bridgehead atoms. The van der Waals surface area contributed by atoms with E-state index in [1.807, 2.05) is 5.32 Å². The minimum atomic E-state index is -5.09. The molecule has 0 radical (unpaired) electrons. The zero-order valence-corrected chi connectivity index (χ0v) is 17.5. The average molecular weight is 484 g/mol. The third-order valence-electron chi connectivity index (χ3n) is 4.10. The molecule has 0 saturated heterocycles. The summed E-state index contributed by atoms with van der Waals surface area (Å²) in [6.45, 7) is 1.81. The van der Waals surface area contributed by atoms with Crippen LogP contribution in [-0.2, 0) is 22.4 Å². The Hall–Kier alpha value is -2.80. The van der Waals surface area contributed by atoms with Gasteiger partial charge in [0.15, 0.2) is 0 Å². The molecule has 2 aromatic carbocycles. The third kappa shape index (κ3) is 6.13. The lowest BCUT2D eigenvalue weighted by molar-refractivity contribution is -0.143. The van der Waals surface area contributed by atoms with E-state index in [1.165, 1.54) is 7.11 Å². The van der Waals surface area contributed by atoms with Crippen molar-refractivity contribution in [2.45, 2.75) is 30.6 Å². The van der Waals surface area contributed by atoms with Gasteiger partial charge in [-0.15, -0.1) is 0 Å². The number of carbonyl (C=O) groups is 1. The number of anilines is 1. The first-order valence-electron chi connectivity index (χ1n) is 8.97. The Morgan fingerprint density at radius 2 is 1.53 bits per heavy atom. The molecule has 0 spiro atoms. The van der Waals surface area contributed by atoms with Crippen molar-refractivity contribution in [1.29, 1.82) is 0 Å². The van der Waals surface area contributed by atoms with Gasteiger partial charge in [0.05, 0.1) is 18.2 Å². The third-order valence-corrected chi connectivity index (χ3v) is 5.59. The first kappa shape index (κ1) is 25.5. The number of methoxy groups -OCH3 is 1. The molecule has 0 aliphatic carbocycles.